The average Bonchev–Trinajstić information content (AvgIpc) is 3.12. The van der Waals surface area contributed by atoms with Crippen LogP contribution >= 0.6 is 0 Å². The van der Waals surface area contributed by atoms with Crippen LogP contribution in [0.1, 0.15) is 18.7 Å². The van der Waals surface area contributed by atoms with Crippen LogP contribution in [0.25, 0.3) is 16.6 Å². The minimum absolute atomic E-state index is 0.244. The number of carbonyl (C=O) groups excluding carboxylic acids is 1. The number of halogens is 1. The Morgan fingerprint density at radius 2 is 1.93 bits per heavy atom. The highest BCUT2D eigenvalue weighted by atomic mass is 19.1. The number of anilines is 1. The summed E-state index contributed by atoms with van der Waals surface area (Å²) in [7, 11) is 0. The SMILES string of the molecule is CC(NC(=O)Nc1cc2cnn(-c3ccc(F)cc3)c2cn1)c1ccccn1. The zero-order valence-corrected chi connectivity index (χ0v) is 15.0. The molecule has 0 fully saturated rings. The molecule has 1 atom stereocenters. The monoisotopic (exact) mass is 376 g/mol. The van der Waals surface area contributed by atoms with Gasteiger partial charge in [0.15, 0.2) is 0 Å². The van der Waals surface area contributed by atoms with E-state index in [1.165, 1.54) is 12.1 Å². The van der Waals surface area contributed by atoms with Crippen molar-refractivity contribution < 1.29 is 9.18 Å². The fourth-order valence-corrected chi connectivity index (χ4v) is 2.84. The lowest BCUT2D eigenvalue weighted by atomic mass is 10.2. The van der Waals surface area contributed by atoms with Gasteiger partial charge in [-0.3, -0.25) is 10.3 Å². The number of fused-ring (bicyclic) bond motifs is 1. The minimum atomic E-state index is -0.379. The topological polar surface area (TPSA) is 84.7 Å². The molecule has 28 heavy (non-hydrogen) atoms. The summed E-state index contributed by atoms with van der Waals surface area (Å²) in [5.74, 6) is 0.0904. The number of hydrogen-bond donors (Lipinski definition) is 2. The van der Waals surface area contributed by atoms with Crippen molar-refractivity contribution in [3.63, 3.8) is 0 Å². The lowest BCUT2D eigenvalue weighted by molar-refractivity contribution is 0.249. The van der Waals surface area contributed by atoms with Gasteiger partial charge in [-0.15, -0.1) is 0 Å². The summed E-state index contributed by atoms with van der Waals surface area (Å²) in [6, 6.07) is 12.7. The van der Waals surface area contributed by atoms with E-state index in [0.29, 0.717) is 5.82 Å². The van der Waals surface area contributed by atoms with Gasteiger partial charge in [-0.1, -0.05) is 6.07 Å². The third-order valence-corrected chi connectivity index (χ3v) is 4.25. The Kier molecular flexibility index (Phi) is 4.67. The van der Waals surface area contributed by atoms with E-state index in [2.05, 4.69) is 25.7 Å². The van der Waals surface area contributed by atoms with Crippen LogP contribution in [0.15, 0.2) is 67.1 Å². The van der Waals surface area contributed by atoms with E-state index in [-0.39, 0.29) is 17.9 Å². The van der Waals surface area contributed by atoms with Crippen molar-refractivity contribution >= 4 is 22.8 Å². The fraction of sp³-hybridized carbons (Fsp3) is 0.100. The molecule has 1 aromatic carbocycles. The van der Waals surface area contributed by atoms with Gasteiger partial charge in [-0.05, 0) is 49.4 Å². The maximum Gasteiger partial charge on any atom is 0.320 e. The summed E-state index contributed by atoms with van der Waals surface area (Å²) in [4.78, 5) is 20.7. The summed E-state index contributed by atoms with van der Waals surface area (Å²) < 4.78 is 14.8. The molecule has 3 heterocycles. The highest BCUT2D eigenvalue weighted by Gasteiger charge is 2.12. The highest BCUT2D eigenvalue weighted by Crippen LogP contribution is 2.20. The number of nitrogens with zero attached hydrogens (tertiary/aromatic N) is 4. The quantitative estimate of drug-likeness (QED) is 0.567. The summed E-state index contributed by atoms with van der Waals surface area (Å²) in [6.45, 7) is 1.85. The van der Waals surface area contributed by atoms with Crippen molar-refractivity contribution in [2.24, 2.45) is 0 Å². The van der Waals surface area contributed by atoms with Crippen LogP contribution in [0, 0.1) is 5.82 Å². The normalized spacial score (nSPS) is 11.9. The van der Waals surface area contributed by atoms with Gasteiger partial charge in [0.05, 0.1) is 35.3 Å². The number of pyridine rings is 2. The number of hydrogen-bond acceptors (Lipinski definition) is 4. The molecule has 0 spiro atoms. The predicted molar refractivity (Wildman–Crippen MR) is 104 cm³/mol. The fourth-order valence-electron chi connectivity index (χ4n) is 2.84. The third-order valence-electron chi connectivity index (χ3n) is 4.25. The van der Waals surface area contributed by atoms with Crippen molar-refractivity contribution in [3.05, 3.63) is 78.6 Å². The van der Waals surface area contributed by atoms with Crippen molar-refractivity contribution in [1.29, 1.82) is 0 Å². The van der Waals surface area contributed by atoms with Crippen molar-refractivity contribution in [2.75, 3.05) is 5.32 Å². The molecule has 8 heteroatoms. The first kappa shape index (κ1) is 17.6. The molecule has 4 rings (SSSR count). The van der Waals surface area contributed by atoms with Crippen molar-refractivity contribution in [2.45, 2.75) is 13.0 Å². The van der Waals surface area contributed by atoms with Crippen molar-refractivity contribution in [3.8, 4) is 5.69 Å². The van der Waals surface area contributed by atoms with Crippen LogP contribution in [-0.2, 0) is 0 Å². The molecule has 2 N–H and O–H groups in total. The molecule has 3 aromatic heterocycles. The minimum Gasteiger partial charge on any atom is -0.330 e. The van der Waals surface area contributed by atoms with Gasteiger partial charge < -0.3 is 5.32 Å². The highest BCUT2D eigenvalue weighted by molar-refractivity contribution is 5.91. The molecule has 0 aliphatic carbocycles. The Hall–Kier alpha value is -3.81. The number of benzene rings is 1. The van der Waals surface area contributed by atoms with Crippen molar-refractivity contribution in [1.82, 2.24) is 25.1 Å². The molecule has 0 saturated carbocycles. The molecule has 0 aliphatic rings. The van der Waals surface area contributed by atoms with Gasteiger partial charge in [0.25, 0.3) is 0 Å². The lowest BCUT2D eigenvalue weighted by Gasteiger charge is -2.13. The zero-order chi connectivity index (χ0) is 19.5. The van der Waals surface area contributed by atoms with Crippen LogP contribution in [0.5, 0.6) is 0 Å². The molecule has 4 aromatic rings. The number of rotatable bonds is 4. The van der Waals surface area contributed by atoms with Gasteiger partial charge in [0, 0.05) is 11.6 Å². The van der Waals surface area contributed by atoms with Crippen LogP contribution in [0.3, 0.4) is 0 Å². The summed E-state index contributed by atoms with van der Waals surface area (Å²) in [5.41, 5.74) is 2.24. The van der Waals surface area contributed by atoms with Crippen LogP contribution in [0.2, 0.25) is 0 Å². The predicted octanol–water partition coefficient (Wildman–Crippen LogP) is 3.84. The van der Waals surface area contributed by atoms with E-state index in [9.17, 15) is 9.18 Å². The third kappa shape index (κ3) is 3.66. The van der Waals surface area contributed by atoms with Crippen LogP contribution < -0.4 is 10.6 Å². The maximum absolute atomic E-state index is 13.1. The summed E-state index contributed by atoms with van der Waals surface area (Å²) in [5, 5.41) is 10.7. The molecule has 2 amide bonds. The number of aromatic nitrogens is 4. The Labute approximate surface area is 160 Å². The Bertz CT molecular complexity index is 1110. The second-order valence-electron chi connectivity index (χ2n) is 6.24. The molecular formula is C20H17FN6O. The van der Waals surface area contributed by atoms with E-state index in [1.54, 1.807) is 41.5 Å². The smallest absolute Gasteiger partial charge is 0.320 e. The zero-order valence-electron chi connectivity index (χ0n) is 15.0. The second kappa shape index (κ2) is 7.43. The summed E-state index contributed by atoms with van der Waals surface area (Å²) >= 11 is 0. The molecule has 7 nitrogen and oxygen atoms in total. The summed E-state index contributed by atoms with van der Waals surface area (Å²) in [6.07, 6.45) is 4.96. The number of nitrogens with one attached hydrogen (secondary N) is 2. The Balaban J connectivity index is 1.49. The Morgan fingerprint density at radius 1 is 1.11 bits per heavy atom. The van der Waals surface area contributed by atoms with Gasteiger partial charge in [-0.25, -0.2) is 18.9 Å². The van der Waals surface area contributed by atoms with E-state index in [0.717, 1.165) is 22.3 Å². The lowest BCUT2D eigenvalue weighted by Crippen LogP contribution is -2.31. The van der Waals surface area contributed by atoms with Crippen LogP contribution in [0.4, 0.5) is 15.0 Å². The van der Waals surface area contributed by atoms with E-state index < -0.39 is 0 Å². The molecule has 0 saturated heterocycles. The van der Waals surface area contributed by atoms with Gasteiger partial charge in [0.2, 0.25) is 0 Å². The molecule has 0 radical (unpaired) electrons. The first-order valence-corrected chi connectivity index (χ1v) is 8.68. The van der Waals surface area contributed by atoms with Gasteiger partial charge in [-0.2, -0.15) is 5.10 Å². The number of urea groups is 1. The van der Waals surface area contributed by atoms with E-state index in [1.807, 2.05) is 25.1 Å². The van der Waals surface area contributed by atoms with E-state index in [4.69, 9.17) is 0 Å². The standard InChI is InChI=1S/C20H17FN6O/c1-13(17-4-2-3-9-22-17)25-20(28)26-19-10-14-11-24-27(18(14)12-23-19)16-7-5-15(21)6-8-16/h2-13H,1H3,(H2,23,25,26,28). The first-order chi connectivity index (χ1) is 13.6. The number of amides is 2. The number of carbonyl (C=O) groups is 1. The van der Waals surface area contributed by atoms with Gasteiger partial charge >= 0.3 is 6.03 Å². The van der Waals surface area contributed by atoms with Gasteiger partial charge in [0.1, 0.15) is 11.6 Å². The molecular weight excluding hydrogens is 359 g/mol. The van der Waals surface area contributed by atoms with Crippen LogP contribution in [-0.4, -0.2) is 25.8 Å². The molecule has 0 aliphatic heterocycles. The first-order valence-electron chi connectivity index (χ1n) is 8.68. The largest absolute Gasteiger partial charge is 0.330 e. The second-order valence-corrected chi connectivity index (χ2v) is 6.24. The molecule has 140 valence electrons. The van der Waals surface area contributed by atoms with E-state index >= 15 is 0 Å². The molecule has 0 bridgehead atoms. The average molecular weight is 376 g/mol. The Morgan fingerprint density at radius 3 is 2.68 bits per heavy atom. The molecule has 1 unspecified atom stereocenters. The maximum atomic E-state index is 13.1.